The number of nitrogens with zero attached hydrogens (tertiary/aromatic N) is 3. The number of pyridine rings is 1. The van der Waals surface area contributed by atoms with Crippen LogP contribution in [0.5, 0.6) is 0 Å². The van der Waals surface area contributed by atoms with Gasteiger partial charge >= 0.3 is 0 Å². The SMILES string of the molecule is Cc1cc(Cl)nc(-c2ncccc2C)n1. The second-order valence-corrected chi connectivity index (χ2v) is 3.71. The number of halogens is 1. The van der Waals surface area contributed by atoms with E-state index in [0.717, 1.165) is 17.0 Å². The Labute approximate surface area is 93.2 Å². The first-order chi connectivity index (χ1) is 7.16. The molecule has 0 saturated carbocycles. The average Bonchev–Trinajstić information content (AvgIpc) is 2.16. The molecular weight excluding hydrogens is 210 g/mol. The predicted octanol–water partition coefficient (Wildman–Crippen LogP) is 2.81. The van der Waals surface area contributed by atoms with Crippen molar-refractivity contribution in [3.63, 3.8) is 0 Å². The van der Waals surface area contributed by atoms with E-state index in [2.05, 4.69) is 15.0 Å². The number of aryl methyl sites for hydroxylation is 2. The molecule has 0 aliphatic heterocycles. The third-order valence-electron chi connectivity index (χ3n) is 2.04. The minimum absolute atomic E-state index is 0.447. The molecule has 0 aliphatic carbocycles. The summed E-state index contributed by atoms with van der Waals surface area (Å²) in [6.45, 7) is 3.86. The molecule has 0 spiro atoms. The molecule has 0 unspecified atom stereocenters. The maximum atomic E-state index is 5.87. The summed E-state index contributed by atoms with van der Waals surface area (Å²) < 4.78 is 0. The van der Waals surface area contributed by atoms with Crippen LogP contribution in [-0.4, -0.2) is 15.0 Å². The zero-order chi connectivity index (χ0) is 10.8. The van der Waals surface area contributed by atoms with Gasteiger partial charge in [0.25, 0.3) is 0 Å². The summed E-state index contributed by atoms with van der Waals surface area (Å²) in [5, 5.41) is 0.447. The minimum atomic E-state index is 0.447. The van der Waals surface area contributed by atoms with Gasteiger partial charge in [0.1, 0.15) is 10.8 Å². The maximum Gasteiger partial charge on any atom is 0.180 e. The molecule has 4 heteroatoms. The molecule has 0 N–H and O–H groups in total. The van der Waals surface area contributed by atoms with E-state index in [-0.39, 0.29) is 0 Å². The second kappa shape index (κ2) is 3.95. The van der Waals surface area contributed by atoms with Gasteiger partial charge in [-0.25, -0.2) is 9.97 Å². The molecule has 2 aromatic heterocycles. The molecule has 3 nitrogen and oxygen atoms in total. The fourth-order valence-corrected chi connectivity index (χ4v) is 1.59. The van der Waals surface area contributed by atoms with Crippen LogP contribution in [0.4, 0.5) is 0 Å². The Hall–Kier alpha value is -1.48. The molecule has 2 heterocycles. The highest BCUT2D eigenvalue weighted by Gasteiger charge is 2.07. The average molecular weight is 220 g/mol. The van der Waals surface area contributed by atoms with Crippen LogP contribution in [0.15, 0.2) is 24.4 Å². The largest absolute Gasteiger partial charge is 0.253 e. The molecule has 0 atom stereocenters. The molecular formula is C11H10ClN3. The van der Waals surface area contributed by atoms with Crippen LogP contribution in [0, 0.1) is 13.8 Å². The van der Waals surface area contributed by atoms with E-state index in [1.807, 2.05) is 26.0 Å². The van der Waals surface area contributed by atoms with Gasteiger partial charge in [0.2, 0.25) is 0 Å². The van der Waals surface area contributed by atoms with E-state index in [9.17, 15) is 0 Å². The Morgan fingerprint density at radius 2 is 2.00 bits per heavy atom. The fourth-order valence-electron chi connectivity index (χ4n) is 1.36. The van der Waals surface area contributed by atoms with Gasteiger partial charge in [-0.2, -0.15) is 0 Å². The molecule has 0 aliphatic rings. The zero-order valence-corrected chi connectivity index (χ0v) is 9.28. The molecule has 0 aromatic carbocycles. The van der Waals surface area contributed by atoms with Crippen LogP contribution in [-0.2, 0) is 0 Å². The van der Waals surface area contributed by atoms with E-state index < -0.39 is 0 Å². The third-order valence-corrected chi connectivity index (χ3v) is 2.24. The van der Waals surface area contributed by atoms with Crippen LogP contribution in [0.25, 0.3) is 11.5 Å². The fraction of sp³-hybridized carbons (Fsp3) is 0.182. The number of hydrogen-bond donors (Lipinski definition) is 0. The number of hydrogen-bond acceptors (Lipinski definition) is 3. The normalized spacial score (nSPS) is 10.3. The lowest BCUT2D eigenvalue weighted by Crippen LogP contribution is -1.96. The van der Waals surface area contributed by atoms with Crippen LogP contribution in [0.3, 0.4) is 0 Å². The van der Waals surface area contributed by atoms with Crippen molar-refractivity contribution in [3.8, 4) is 11.5 Å². The quantitative estimate of drug-likeness (QED) is 0.693. The molecule has 76 valence electrons. The topological polar surface area (TPSA) is 38.7 Å². The van der Waals surface area contributed by atoms with Gasteiger partial charge in [-0.15, -0.1) is 0 Å². The molecule has 2 aromatic rings. The first kappa shape index (κ1) is 10.1. The van der Waals surface area contributed by atoms with Gasteiger partial charge in [0.05, 0.1) is 0 Å². The Morgan fingerprint density at radius 1 is 1.20 bits per heavy atom. The summed E-state index contributed by atoms with van der Waals surface area (Å²) in [7, 11) is 0. The van der Waals surface area contributed by atoms with Crippen molar-refractivity contribution in [1.29, 1.82) is 0 Å². The highest BCUT2D eigenvalue weighted by atomic mass is 35.5. The minimum Gasteiger partial charge on any atom is -0.253 e. The zero-order valence-electron chi connectivity index (χ0n) is 8.53. The van der Waals surface area contributed by atoms with Gasteiger partial charge in [0.15, 0.2) is 5.82 Å². The van der Waals surface area contributed by atoms with Gasteiger partial charge in [-0.1, -0.05) is 17.7 Å². The summed E-state index contributed by atoms with van der Waals surface area (Å²) in [5.74, 6) is 0.582. The number of aromatic nitrogens is 3. The van der Waals surface area contributed by atoms with E-state index >= 15 is 0 Å². The van der Waals surface area contributed by atoms with Crippen molar-refractivity contribution < 1.29 is 0 Å². The van der Waals surface area contributed by atoms with Crippen LogP contribution < -0.4 is 0 Å². The smallest absolute Gasteiger partial charge is 0.180 e. The van der Waals surface area contributed by atoms with Crippen molar-refractivity contribution in [3.05, 3.63) is 40.8 Å². The van der Waals surface area contributed by atoms with Crippen molar-refractivity contribution in [2.45, 2.75) is 13.8 Å². The van der Waals surface area contributed by atoms with Crippen molar-refractivity contribution in [2.24, 2.45) is 0 Å². The molecule has 0 bridgehead atoms. The summed E-state index contributed by atoms with van der Waals surface area (Å²) in [4.78, 5) is 12.7. The van der Waals surface area contributed by atoms with Crippen LogP contribution in [0.2, 0.25) is 5.15 Å². The molecule has 0 amide bonds. The molecule has 0 saturated heterocycles. The Kier molecular flexibility index (Phi) is 2.64. The van der Waals surface area contributed by atoms with Crippen molar-refractivity contribution in [2.75, 3.05) is 0 Å². The Morgan fingerprint density at radius 3 is 2.67 bits per heavy atom. The van der Waals surface area contributed by atoms with Crippen LogP contribution in [0.1, 0.15) is 11.3 Å². The second-order valence-electron chi connectivity index (χ2n) is 3.32. The van der Waals surface area contributed by atoms with E-state index in [0.29, 0.717) is 11.0 Å². The van der Waals surface area contributed by atoms with E-state index in [4.69, 9.17) is 11.6 Å². The van der Waals surface area contributed by atoms with Crippen molar-refractivity contribution >= 4 is 11.6 Å². The van der Waals surface area contributed by atoms with Crippen LogP contribution >= 0.6 is 11.6 Å². The Bertz CT molecular complexity index is 477. The lowest BCUT2D eigenvalue weighted by atomic mass is 10.2. The first-order valence-corrected chi connectivity index (χ1v) is 4.98. The molecule has 0 radical (unpaired) electrons. The first-order valence-electron chi connectivity index (χ1n) is 4.60. The lowest BCUT2D eigenvalue weighted by Gasteiger charge is -2.03. The standard InChI is InChI=1S/C11H10ClN3/c1-7-4-3-5-13-10(7)11-14-8(2)6-9(12)15-11/h3-6H,1-2H3. The monoisotopic (exact) mass is 219 g/mol. The molecule has 2 rings (SSSR count). The molecule has 15 heavy (non-hydrogen) atoms. The maximum absolute atomic E-state index is 5.87. The number of rotatable bonds is 1. The predicted molar refractivity (Wildman–Crippen MR) is 59.7 cm³/mol. The van der Waals surface area contributed by atoms with E-state index in [1.165, 1.54) is 0 Å². The summed E-state index contributed by atoms with van der Waals surface area (Å²) in [6.07, 6.45) is 1.72. The summed E-state index contributed by atoms with van der Waals surface area (Å²) in [5.41, 5.74) is 2.66. The lowest BCUT2D eigenvalue weighted by molar-refractivity contribution is 1.08. The van der Waals surface area contributed by atoms with Gasteiger partial charge in [-0.05, 0) is 31.5 Å². The third kappa shape index (κ3) is 2.13. The Balaban J connectivity index is 2.59. The highest BCUT2D eigenvalue weighted by molar-refractivity contribution is 6.29. The summed E-state index contributed by atoms with van der Waals surface area (Å²) >= 11 is 5.87. The van der Waals surface area contributed by atoms with E-state index in [1.54, 1.807) is 12.3 Å². The highest BCUT2D eigenvalue weighted by Crippen LogP contribution is 2.18. The summed E-state index contributed by atoms with van der Waals surface area (Å²) in [6, 6.07) is 5.58. The van der Waals surface area contributed by atoms with Gasteiger partial charge in [-0.3, -0.25) is 4.98 Å². The van der Waals surface area contributed by atoms with Crippen molar-refractivity contribution in [1.82, 2.24) is 15.0 Å². The van der Waals surface area contributed by atoms with Gasteiger partial charge in [0, 0.05) is 11.9 Å². The van der Waals surface area contributed by atoms with Gasteiger partial charge < -0.3 is 0 Å². The molecule has 0 fully saturated rings.